The maximum atomic E-state index is 12.0. The molecule has 0 bridgehead atoms. The SMILES string of the molecule is CC(C)Cn1cc(C(=O)NC(C)(C)CC(N)=O)cn1. The largest absolute Gasteiger partial charge is 0.370 e. The van der Waals surface area contributed by atoms with Gasteiger partial charge in [-0.3, -0.25) is 14.3 Å². The number of rotatable bonds is 6. The van der Waals surface area contributed by atoms with Crippen molar-refractivity contribution in [3.05, 3.63) is 18.0 Å². The molecule has 0 saturated heterocycles. The maximum absolute atomic E-state index is 12.0. The van der Waals surface area contributed by atoms with E-state index in [4.69, 9.17) is 5.73 Å². The molecule has 106 valence electrons. The van der Waals surface area contributed by atoms with E-state index < -0.39 is 11.4 Å². The molecule has 1 aromatic heterocycles. The molecule has 1 rings (SSSR count). The van der Waals surface area contributed by atoms with E-state index in [0.717, 1.165) is 6.54 Å². The van der Waals surface area contributed by atoms with Crippen LogP contribution in [-0.2, 0) is 11.3 Å². The molecule has 0 aromatic carbocycles. The Kier molecular flexibility index (Phi) is 4.69. The van der Waals surface area contributed by atoms with E-state index in [-0.39, 0.29) is 12.3 Å². The van der Waals surface area contributed by atoms with Crippen molar-refractivity contribution in [2.75, 3.05) is 0 Å². The van der Waals surface area contributed by atoms with Crippen molar-refractivity contribution in [1.82, 2.24) is 15.1 Å². The highest BCUT2D eigenvalue weighted by molar-refractivity contribution is 5.94. The van der Waals surface area contributed by atoms with E-state index in [2.05, 4.69) is 24.3 Å². The zero-order valence-electron chi connectivity index (χ0n) is 11.9. The lowest BCUT2D eigenvalue weighted by Crippen LogP contribution is -2.45. The van der Waals surface area contributed by atoms with Gasteiger partial charge in [0.2, 0.25) is 5.91 Å². The Hall–Kier alpha value is -1.85. The molecule has 0 saturated carbocycles. The maximum Gasteiger partial charge on any atom is 0.254 e. The van der Waals surface area contributed by atoms with Gasteiger partial charge in [-0.2, -0.15) is 5.10 Å². The molecule has 6 heteroatoms. The minimum atomic E-state index is -0.664. The van der Waals surface area contributed by atoms with E-state index >= 15 is 0 Å². The minimum Gasteiger partial charge on any atom is -0.370 e. The van der Waals surface area contributed by atoms with Gasteiger partial charge < -0.3 is 11.1 Å². The first-order valence-corrected chi connectivity index (χ1v) is 6.33. The van der Waals surface area contributed by atoms with E-state index in [9.17, 15) is 9.59 Å². The second kappa shape index (κ2) is 5.86. The molecule has 0 unspecified atom stereocenters. The molecular weight excluding hydrogens is 244 g/mol. The molecule has 1 heterocycles. The average molecular weight is 266 g/mol. The number of carbonyl (C=O) groups is 2. The summed E-state index contributed by atoms with van der Waals surface area (Å²) in [6, 6.07) is 0. The summed E-state index contributed by atoms with van der Waals surface area (Å²) in [7, 11) is 0. The highest BCUT2D eigenvalue weighted by Gasteiger charge is 2.24. The van der Waals surface area contributed by atoms with Crippen LogP contribution in [0.2, 0.25) is 0 Å². The molecule has 1 aromatic rings. The highest BCUT2D eigenvalue weighted by atomic mass is 16.2. The van der Waals surface area contributed by atoms with Crippen LogP contribution in [0.25, 0.3) is 0 Å². The monoisotopic (exact) mass is 266 g/mol. The fourth-order valence-corrected chi connectivity index (χ4v) is 1.81. The first kappa shape index (κ1) is 15.2. The van der Waals surface area contributed by atoms with Crippen molar-refractivity contribution in [3.63, 3.8) is 0 Å². The second-order valence-electron chi connectivity index (χ2n) is 5.83. The summed E-state index contributed by atoms with van der Waals surface area (Å²) in [6.07, 6.45) is 3.33. The van der Waals surface area contributed by atoms with Crippen LogP contribution in [0.1, 0.15) is 44.5 Å². The fraction of sp³-hybridized carbons (Fsp3) is 0.615. The van der Waals surface area contributed by atoms with Crippen molar-refractivity contribution < 1.29 is 9.59 Å². The third-order valence-electron chi connectivity index (χ3n) is 2.52. The number of nitrogens with one attached hydrogen (secondary N) is 1. The van der Waals surface area contributed by atoms with Gasteiger partial charge in [-0.25, -0.2) is 0 Å². The van der Waals surface area contributed by atoms with Gasteiger partial charge in [0, 0.05) is 24.7 Å². The summed E-state index contributed by atoms with van der Waals surface area (Å²) < 4.78 is 1.74. The van der Waals surface area contributed by atoms with Crippen LogP contribution in [0.5, 0.6) is 0 Å². The molecule has 0 aliphatic rings. The number of amides is 2. The standard InChI is InChI=1S/C13H22N4O2/c1-9(2)7-17-8-10(6-15-17)12(19)16-13(3,4)5-11(14)18/h6,8-9H,5,7H2,1-4H3,(H2,14,18)(H,16,19). The summed E-state index contributed by atoms with van der Waals surface area (Å²) in [6.45, 7) is 8.44. The van der Waals surface area contributed by atoms with Crippen LogP contribution in [0.3, 0.4) is 0 Å². The lowest BCUT2D eigenvalue weighted by Gasteiger charge is -2.24. The number of nitrogens with two attached hydrogens (primary N) is 1. The molecule has 3 N–H and O–H groups in total. The smallest absolute Gasteiger partial charge is 0.254 e. The zero-order chi connectivity index (χ0) is 14.6. The number of nitrogens with zero attached hydrogens (tertiary/aromatic N) is 2. The Labute approximate surface area is 113 Å². The molecule has 0 fully saturated rings. The third-order valence-corrected chi connectivity index (χ3v) is 2.52. The van der Waals surface area contributed by atoms with Crippen molar-refractivity contribution >= 4 is 11.8 Å². The topological polar surface area (TPSA) is 90.0 Å². The molecule has 6 nitrogen and oxygen atoms in total. The van der Waals surface area contributed by atoms with E-state index in [0.29, 0.717) is 11.5 Å². The molecule has 0 radical (unpaired) electrons. The van der Waals surface area contributed by atoms with Gasteiger partial charge in [0.05, 0.1) is 11.8 Å². The first-order chi connectivity index (χ1) is 8.69. The Balaban J connectivity index is 2.67. The molecule has 0 aliphatic heterocycles. The summed E-state index contributed by atoms with van der Waals surface area (Å²) in [5.41, 5.74) is 4.97. The first-order valence-electron chi connectivity index (χ1n) is 6.33. The van der Waals surface area contributed by atoms with Crippen molar-refractivity contribution in [3.8, 4) is 0 Å². The predicted octanol–water partition coefficient (Wildman–Crippen LogP) is 0.923. The van der Waals surface area contributed by atoms with E-state index in [1.165, 1.54) is 6.20 Å². The quantitative estimate of drug-likeness (QED) is 0.802. The Morgan fingerprint density at radius 2 is 2.11 bits per heavy atom. The van der Waals surface area contributed by atoms with Gasteiger partial charge >= 0.3 is 0 Å². The van der Waals surface area contributed by atoms with Gasteiger partial charge in [-0.05, 0) is 19.8 Å². The number of carbonyl (C=O) groups excluding carboxylic acids is 2. The number of aromatic nitrogens is 2. The van der Waals surface area contributed by atoms with Gasteiger partial charge in [0.15, 0.2) is 0 Å². The van der Waals surface area contributed by atoms with Gasteiger partial charge in [0.25, 0.3) is 5.91 Å². The second-order valence-corrected chi connectivity index (χ2v) is 5.83. The minimum absolute atomic E-state index is 0.0961. The van der Waals surface area contributed by atoms with E-state index in [1.54, 1.807) is 24.7 Å². The zero-order valence-corrected chi connectivity index (χ0v) is 11.9. The predicted molar refractivity (Wildman–Crippen MR) is 72.4 cm³/mol. The van der Waals surface area contributed by atoms with Crippen LogP contribution in [0.4, 0.5) is 0 Å². The van der Waals surface area contributed by atoms with Crippen LogP contribution < -0.4 is 11.1 Å². The third kappa shape index (κ3) is 5.11. The molecule has 0 spiro atoms. The molecule has 0 atom stereocenters. The van der Waals surface area contributed by atoms with Gasteiger partial charge in [-0.15, -0.1) is 0 Å². The fourth-order valence-electron chi connectivity index (χ4n) is 1.81. The van der Waals surface area contributed by atoms with E-state index in [1.807, 2.05) is 0 Å². The average Bonchev–Trinajstić information content (AvgIpc) is 2.61. The normalized spacial score (nSPS) is 11.6. The van der Waals surface area contributed by atoms with Crippen LogP contribution >= 0.6 is 0 Å². The van der Waals surface area contributed by atoms with Gasteiger partial charge in [0.1, 0.15) is 0 Å². The number of primary amides is 1. The van der Waals surface area contributed by atoms with Crippen molar-refractivity contribution in [1.29, 1.82) is 0 Å². The summed E-state index contributed by atoms with van der Waals surface area (Å²) in [5.74, 6) is -0.232. The molecular formula is C13H22N4O2. The lowest BCUT2D eigenvalue weighted by molar-refractivity contribution is -0.119. The van der Waals surface area contributed by atoms with Crippen molar-refractivity contribution in [2.45, 2.75) is 46.2 Å². The molecule has 19 heavy (non-hydrogen) atoms. The van der Waals surface area contributed by atoms with Crippen LogP contribution in [0, 0.1) is 5.92 Å². The summed E-state index contributed by atoms with van der Waals surface area (Å²) in [5, 5.41) is 6.91. The Bertz CT molecular complexity index is 463. The summed E-state index contributed by atoms with van der Waals surface area (Å²) >= 11 is 0. The summed E-state index contributed by atoms with van der Waals surface area (Å²) in [4.78, 5) is 22.9. The van der Waals surface area contributed by atoms with Crippen molar-refractivity contribution in [2.24, 2.45) is 11.7 Å². The Morgan fingerprint density at radius 1 is 1.47 bits per heavy atom. The number of hydrogen-bond donors (Lipinski definition) is 2. The Morgan fingerprint density at radius 3 is 2.63 bits per heavy atom. The molecule has 2 amide bonds. The highest BCUT2D eigenvalue weighted by Crippen LogP contribution is 2.10. The number of hydrogen-bond acceptors (Lipinski definition) is 3. The van der Waals surface area contributed by atoms with Gasteiger partial charge in [-0.1, -0.05) is 13.8 Å². The molecule has 0 aliphatic carbocycles. The van der Waals surface area contributed by atoms with Crippen LogP contribution in [-0.4, -0.2) is 27.1 Å². The van der Waals surface area contributed by atoms with Crippen LogP contribution in [0.15, 0.2) is 12.4 Å². The lowest BCUT2D eigenvalue weighted by atomic mass is 10.00.